The van der Waals surface area contributed by atoms with Gasteiger partial charge in [-0.25, -0.2) is 0 Å². The fourth-order valence-electron chi connectivity index (χ4n) is 1.65. The van der Waals surface area contributed by atoms with Gasteiger partial charge in [0.1, 0.15) is 5.82 Å². The van der Waals surface area contributed by atoms with Crippen LogP contribution < -0.4 is 10.6 Å². The largest absolute Gasteiger partial charge is 0.369 e. The third-order valence-electron chi connectivity index (χ3n) is 2.61. The highest BCUT2D eigenvalue weighted by Crippen LogP contribution is 2.08. The zero-order chi connectivity index (χ0) is 14.1. The van der Waals surface area contributed by atoms with Crippen LogP contribution in [0.15, 0.2) is 12.1 Å². The highest BCUT2D eigenvalue weighted by molar-refractivity contribution is 5.89. The Kier molecular flexibility index (Phi) is 6.85. The number of nitrogens with one attached hydrogen (secondary N) is 2. The molecule has 0 aliphatic carbocycles. The third kappa shape index (κ3) is 6.74. The molecule has 0 fully saturated rings. The minimum atomic E-state index is -0.0204. The highest BCUT2D eigenvalue weighted by atomic mass is 16.1. The van der Waals surface area contributed by atoms with Crippen LogP contribution in [0.3, 0.4) is 0 Å². The quantitative estimate of drug-likeness (QED) is 0.708. The molecule has 1 amide bonds. The number of carbonyl (C=O) groups excluding carboxylic acids is 1. The van der Waals surface area contributed by atoms with E-state index in [2.05, 4.69) is 27.8 Å². The average Bonchev–Trinajstić information content (AvgIpc) is 2.35. The molecular weight excluding hydrogens is 240 g/mol. The first-order valence-electron chi connectivity index (χ1n) is 6.99. The van der Waals surface area contributed by atoms with E-state index in [9.17, 15) is 4.79 Å². The lowest BCUT2D eigenvalue weighted by Crippen LogP contribution is -2.15. The second-order valence-electron chi connectivity index (χ2n) is 5.08. The van der Waals surface area contributed by atoms with Crippen molar-refractivity contribution in [2.24, 2.45) is 5.92 Å². The first-order valence-corrected chi connectivity index (χ1v) is 6.99. The zero-order valence-corrected chi connectivity index (χ0v) is 12.1. The topological polar surface area (TPSA) is 66.9 Å². The summed E-state index contributed by atoms with van der Waals surface area (Å²) in [5.41, 5.74) is 0. The summed E-state index contributed by atoms with van der Waals surface area (Å²) < 4.78 is 0. The molecular formula is C14H24N4O. The summed E-state index contributed by atoms with van der Waals surface area (Å²) in [5, 5.41) is 14.0. The molecule has 1 aromatic heterocycles. The first-order chi connectivity index (χ1) is 9.11. The van der Waals surface area contributed by atoms with Crippen LogP contribution in [0.4, 0.5) is 11.6 Å². The lowest BCUT2D eigenvalue weighted by atomic mass is 10.1. The van der Waals surface area contributed by atoms with Gasteiger partial charge < -0.3 is 10.6 Å². The minimum Gasteiger partial charge on any atom is -0.369 e. The number of carbonyl (C=O) groups is 1. The molecule has 1 rings (SSSR count). The van der Waals surface area contributed by atoms with Crippen molar-refractivity contribution in [2.45, 2.75) is 46.5 Å². The molecule has 5 heteroatoms. The average molecular weight is 264 g/mol. The Morgan fingerprint density at radius 3 is 2.47 bits per heavy atom. The molecule has 106 valence electrons. The van der Waals surface area contributed by atoms with Crippen molar-refractivity contribution in [3.05, 3.63) is 12.1 Å². The van der Waals surface area contributed by atoms with E-state index in [0.29, 0.717) is 18.2 Å². The van der Waals surface area contributed by atoms with Gasteiger partial charge in [-0.15, -0.1) is 10.2 Å². The van der Waals surface area contributed by atoms with E-state index in [1.807, 2.05) is 19.9 Å². The SMILES string of the molecule is CCCCCNc1ccc(NC(=O)CC(C)C)nn1. The number of rotatable bonds is 8. The molecule has 0 saturated carbocycles. The van der Waals surface area contributed by atoms with Crippen LogP contribution >= 0.6 is 0 Å². The van der Waals surface area contributed by atoms with Crippen molar-refractivity contribution >= 4 is 17.5 Å². The van der Waals surface area contributed by atoms with Gasteiger partial charge in [-0.3, -0.25) is 4.79 Å². The van der Waals surface area contributed by atoms with E-state index in [0.717, 1.165) is 18.8 Å². The van der Waals surface area contributed by atoms with Crippen molar-refractivity contribution in [3.63, 3.8) is 0 Å². The van der Waals surface area contributed by atoms with Gasteiger partial charge in [-0.2, -0.15) is 0 Å². The molecule has 0 saturated heterocycles. The van der Waals surface area contributed by atoms with Gasteiger partial charge in [0.05, 0.1) is 0 Å². The smallest absolute Gasteiger partial charge is 0.225 e. The van der Waals surface area contributed by atoms with Gasteiger partial charge in [0.2, 0.25) is 5.91 Å². The lowest BCUT2D eigenvalue weighted by Gasteiger charge is -2.07. The lowest BCUT2D eigenvalue weighted by molar-refractivity contribution is -0.116. The molecule has 0 aliphatic rings. The predicted molar refractivity (Wildman–Crippen MR) is 78.1 cm³/mol. The molecule has 0 atom stereocenters. The minimum absolute atomic E-state index is 0.0204. The standard InChI is InChI=1S/C14H24N4O/c1-4-5-6-9-15-12-7-8-13(18-17-12)16-14(19)10-11(2)3/h7-8,11H,4-6,9-10H2,1-3H3,(H,15,17)(H,16,18,19). The molecule has 0 aliphatic heterocycles. The van der Waals surface area contributed by atoms with E-state index >= 15 is 0 Å². The highest BCUT2D eigenvalue weighted by Gasteiger charge is 2.06. The van der Waals surface area contributed by atoms with Gasteiger partial charge in [-0.1, -0.05) is 33.6 Å². The number of aromatic nitrogens is 2. The Labute approximate surface area is 115 Å². The van der Waals surface area contributed by atoms with Crippen molar-refractivity contribution < 1.29 is 4.79 Å². The Hall–Kier alpha value is -1.65. The van der Waals surface area contributed by atoms with E-state index in [-0.39, 0.29) is 5.91 Å². The van der Waals surface area contributed by atoms with Gasteiger partial charge in [0.25, 0.3) is 0 Å². The van der Waals surface area contributed by atoms with Crippen LogP contribution in [0.1, 0.15) is 46.5 Å². The summed E-state index contributed by atoms with van der Waals surface area (Å²) in [7, 11) is 0. The zero-order valence-electron chi connectivity index (χ0n) is 12.1. The van der Waals surface area contributed by atoms with Crippen LogP contribution in [-0.4, -0.2) is 22.6 Å². The second-order valence-corrected chi connectivity index (χ2v) is 5.08. The Balaban J connectivity index is 2.36. The van der Waals surface area contributed by atoms with Crippen LogP contribution in [0, 0.1) is 5.92 Å². The Bertz CT molecular complexity index is 376. The van der Waals surface area contributed by atoms with Crippen molar-refractivity contribution in [3.8, 4) is 0 Å². The van der Waals surface area contributed by atoms with Crippen LogP contribution in [0.2, 0.25) is 0 Å². The Morgan fingerprint density at radius 1 is 1.21 bits per heavy atom. The fourth-order valence-corrected chi connectivity index (χ4v) is 1.65. The monoisotopic (exact) mass is 264 g/mol. The van der Waals surface area contributed by atoms with E-state index in [1.165, 1.54) is 12.8 Å². The summed E-state index contributed by atoms with van der Waals surface area (Å²) in [5.74, 6) is 1.57. The number of hydrogen-bond acceptors (Lipinski definition) is 4. The molecule has 1 heterocycles. The summed E-state index contributed by atoms with van der Waals surface area (Å²) in [6.45, 7) is 7.10. The summed E-state index contributed by atoms with van der Waals surface area (Å²) in [4.78, 5) is 11.6. The van der Waals surface area contributed by atoms with Gasteiger partial charge in [-0.05, 0) is 24.5 Å². The number of nitrogens with zero attached hydrogens (tertiary/aromatic N) is 2. The summed E-state index contributed by atoms with van der Waals surface area (Å²) in [6, 6.07) is 3.61. The molecule has 0 bridgehead atoms. The molecule has 0 aromatic carbocycles. The molecule has 2 N–H and O–H groups in total. The summed E-state index contributed by atoms with van der Waals surface area (Å²) in [6.07, 6.45) is 4.04. The molecule has 19 heavy (non-hydrogen) atoms. The maximum Gasteiger partial charge on any atom is 0.225 e. The number of anilines is 2. The molecule has 1 aromatic rings. The normalized spacial score (nSPS) is 10.5. The molecule has 0 spiro atoms. The van der Waals surface area contributed by atoms with Crippen molar-refractivity contribution in [1.82, 2.24) is 10.2 Å². The van der Waals surface area contributed by atoms with E-state index in [1.54, 1.807) is 6.07 Å². The number of amides is 1. The van der Waals surface area contributed by atoms with Crippen molar-refractivity contribution in [2.75, 3.05) is 17.2 Å². The maximum absolute atomic E-state index is 11.6. The maximum atomic E-state index is 11.6. The number of hydrogen-bond donors (Lipinski definition) is 2. The second kappa shape index (κ2) is 8.45. The first kappa shape index (κ1) is 15.4. The van der Waals surface area contributed by atoms with Crippen molar-refractivity contribution in [1.29, 1.82) is 0 Å². The predicted octanol–water partition coefficient (Wildman–Crippen LogP) is 3.06. The Morgan fingerprint density at radius 2 is 1.89 bits per heavy atom. The molecule has 0 radical (unpaired) electrons. The van der Waals surface area contributed by atoms with Crippen LogP contribution in [-0.2, 0) is 4.79 Å². The third-order valence-corrected chi connectivity index (χ3v) is 2.61. The molecule has 5 nitrogen and oxygen atoms in total. The van der Waals surface area contributed by atoms with E-state index < -0.39 is 0 Å². The summed E-state index contributed by atoms with van der Waals surface area (Å²) >= 11 is 0. The van der Waals surface area contributed by atoms with Crippen LogP contribution in [0.25, 0.3) is 0 Å². The van der Waals surface area contributed by atoms with Gasteiger partial charge in [0, 0.05) is 13.0 Å². The van der Waals surface area contributed by atoms with Crippen LogP contribution in [0.5, 0.6) is 0 Å². The molecule has 0 unspecified atom stereocenters. The number of unbranched alkanes of at least 4 members (excludes halogenated alkanes) is 2. The van der Waals surface area contributed by atoms with Gasteiger partial charge >= 0.3 is 0 Å². The van der Waals surface area contributed by atoms with E-state index in [4.69, 9.17) is 0 Å². The van der Waals surface area contributed by atoms with Gasteiger partial charge in [0.15, 0.2) is 5.82 Å². The fraction of sp³-hybridized carbons (Fsp3) is 0.643.